The Hall–Kier alpha value is -2.83. The third kappa shape index (κ3) is 6.17. The van der Waals surface area contributed by atoms with Gasteiger partial charge < -0.3 is 14.8 Å². The SMILES string of the molecule is O=CCN1CCC(c2csc(Nc3ncc(Sc4c(Br)cnc5ccsc45)cc3Oc3ccccc3)n2)CC1. The quantitative estimate of drug-likeness (QED) is 0.163. The van der Waals surface area contributed by atoms with E-state index >= 15 is 0 Å². The Morgan fingerprint density at radius 3 is 2.79 bits per heavy atom. The first-order valence-electron chi connectivity index (χ1n) is 12.5. The van der Waals surface area contributed by atoms with E-state index in [4.69, 9.17) is 14.7 Å². The van der Waals surface area contributed by atoms with Crippen molar-refractivity contribution in [3.63, 3.8) is 0 Å². The number of nitrogens with zero attached hydrogens (tertiary/aromatic N) is 4. The third-order valence-corrected chi connectivity index (χ3v) is 10.3. The molecule has 0 radical (unpaired) electrons. The van der Waals surface area contributed by atoms with Crippen LogP contribution in [0.15, 0.2) is 79.9 Å². The van der Waals surface area contributed by atoms with Gasteiger partial charge in [0.15, 0.2) is 16.7 Å². The summed E-state index contributed by atoms with van der Waals surface area (Å²) in [5.41, 5.74) is 2.07. The fourth-order valence-electron chi connectivity index (χ4n) is 4.50. The molecule has 0 bridgehead atoms. The number of likely N-dealkylation sites (tertiary alicyclic amines) is 1. The summed E-state index contributed by atoms with van der Waals surface area (Å²) in [5, 5.41) is 8.36. The largest absolute Gasteiger partial charge is 0.453 e. The van der Waals surface area contributed by atoms with E-state index in [1.807, 2.05) is 54.9 Å². The molecule has 0 amide bonds. The van der Waals surface area contributed by atoms with Crippen molar-refractivity contribution in [1.82, 2.24) is 19.9 Å². The number of aromatic nitrogens is 3. The molecule has 0 saturated carbocycles. The number of thiophene rings is 1. The highest BCUT2D eigenvalue weighted by atomic mass is 79.9. The number of fused-ring (bicyclic) bond motifs is 1. The van der Waals surface area contributed by atoms with Gasteiger partial charge >= 0.3 is 0 Å². The fourth-order valence-corrected chi connectivity index (χ4v) is 7.88. The van der Waals surface area contributed by atoms with Crippen molar-refractivity contribution in [2.75, 3.05) is 25.0 Å². The second-order valence-corrected chi connectivity index (χ2v) is 12.8. The lowest BCUT2D eigenvalue weighted by Gasteiger charge is -2.29. The minimum Gasteiger partial charge on any atom is -0.453 e. The number of rotatable bonds is 9. The first-order chi connectivity index (χ1) is 19.2. The van der Waals surface area contributed by atoms with Gasteiger partial charge in [0.05, 0.1) is 26.9 Å². The molecule has 6 rings (SSSR count). The van der Waals surface area contributed by atoms with Crippen LogP contribution in [-0.2, 0) is 4.79 Å². The Bertz CT molecular complexity index is 1580. The maximum absolute atomic E-state index is 10.8. The number of thiazole rings is 1. The van der Waals surface area contributed by atoms with Gasteiger partial charge in [-0.15, -0.1) is 22.7 Å². The van der Waals surface area contributed by atoms with E-state index in [1.54, 1.807) is 34.4 Å². The van der Waals surface area contributed by atoms with E-state index in [9.17, 15) is 4.79 Å². The second-order valence-electron chi connectivity index (χ2n) is 9.05. The van der Waals surface area contributed by atoms with Gasteiger partial charge in [-0.05, 0) is 65.4 Å². The van der Waals surface area contributed by atoms with Crippen LogP contribution in [0.3, 0.4) is 0 Å². The van der Waals surface area contributed by atoms with E-state index in [0.29, 0.717) is 24.0 Å². The van der Waals surface area contributed by atoms with Crippen molar-refractivity contribution in [1.29, 1.82) is 0 Å². The lowest BCUT2D eigenvalue weighted by atomic mass is 9.94. The standard InChI is InChI=1S/C28H24BrN5O2S3/c29-21-16-30-22-8-13-37-26(22)25(21)39-20-14-24(36-19-4-2-1-3-5-19)27(31-15-20)33-28-32-23(17-38-28)18-6-9-34(10-7-18)11-12-35/h1-5,8,12-18H,6-7,9-11H2,(H,31,32,33). The Morgan fingerprint density at radius 1 is 1.13 bits per heavy atom. The molecular formula is C28H24BrN5O2S3. The van der Waals surface area contributed by atoms with Gasteiger partial charge in [-0.3, -0.25) is 9.88 Å². The molecule has 198 valence electrons. The highest BCUT2D eigenvalue weighted by Gasteiger charge is 2.23. The first-order valence-corrected chi connectivity index (χ1v) is 15.8. The predicted molar refractivity (Wildman–Crippen MR) is 162 cm³/mol. The predicted octanol–water partition coefficient (Wildman–Crippen LogP) is 7.98. The van der Waals surface area contributed by atoms with Crippen molar-refractivity contribution in [3.05, 3.63) is 75.8 Å². The minimum absolute atomic E-state index is 0.402. The molecule has 11 heteroatoms. The summed E-state index contributed by atoms with van der Waals surface area (Å²) in [6.45, 7) is 2.35. The van der Waals surface area contributed by atoms with Gasteiger partial charge in [-0.1, -0.05) is 30.0 Å². The third-order valence-electron chi connectivity index (χ3n) is 6.49. The minimum atomic E-state index is 0.402. The van der Waals surface area contributed by atoms with Crippen LogP contribution in [-0.4, -0.2) is 45.8 Å². The number of carbonyl (C=O) groups excluding carboxylic acids is 1. The molecule has 39 heavy (non-hydrogen) atoms. The smallest absolute Gasteiger partial charge is 0.188 e. The monoisotopic (exact) mass is 637 g/mol. The number of anilines is 2. The average Bonchev–Trinajstić information content (AvgIpc) is 3.63. The zero-order chi connectivity index (χ0) is 26.6. The summed E-state index contributed by atoms with van der Waals surface area (Å²) in [6, 6.07) is 13.8. The molecule has 5 aromatic rings. The molecule has 5 heterocycles. The highest BCUT2D eigenvalue weighted by Crippen LogP contribution is 2.43. The van der Waals surface area contributed by atoms with Gasteiger partial charge in [-0.25, -0.2) is 9.97 Å². The number of ether oxygens (including phenoxy) is 1. The molecule has 1 aromatic carbocycles. The highest BCUT2D eigenvalue weighted by molar-refractivity contribution is 9.10. The van der Waals surface area contributed by atoms with Crippen LogP contribution in [0.4, 0.5) is 10.9 Å². The van der Waals surface area contributed by atoms with Crippen molar-refractivity contribution in [2.45, 2.75) is 28.6 Å². The van der Waals surface area contributed by atoms with E-state index in [2.05, 4.69) is 41.9 Å². The van der Waals surface area contributed by atoms with Gasteiger partial charge in [0.2, 0.25) is 0 Å². The van der Waals surface area contributed by atoms with Crippen LogP contribution in [0.5, 0.6) is 11.5 Å². The number of halogens is 1. The number of hydrogen-bond acceptors (Lipinski definition) is 10. The van der Waals surface area contributed by atoms with E-state index in [-0.39, 0.29) is 0 Å². The summed E-state index contributed by atoms with van der Waals surface area (Å²) in [4.78, 5) is 29.2. The van der Waals surface area contributed by atoms with Crippen LogP contribution in [0.1, 0.15) is 24.5 Å². The number of pyridine rings is 2. The Kier molecular flexibility index (Phi) is 8.21. The normalized spacial score (nSPS) is 14.5. The maximum atomic E-state index is 10.8. The molecule has 0 unspecified atom stereocenters. The number of aldehydes is 1. The molecule has 1 fully saturated rings. The second kappa shape index (κ2) is 12.1. The summed E-state index contributed by atoms with van der Waals surface area (Å²) in [7, 11) is 0. The van der Waals surface area contributed by atoms with Crippen molar-refractivity contribution < 1.29 is 9.53 Å². The number of benzene rings is 1. The summed E-state index contributed by atoms with van der Waals surface area (Å²) in [5.74, 6) is 2.37. The van der Waals surface area contributed by atoms with Crippen molar-refractivity contribution in [3.8, 4) is 11.5 Å². The molecule has 7 nitrogen and oxygen atoms in total. The van der Waals surface area contributed by atoms with Crippen molar-refractivity contribution >= 4 is 77.8 Å². The Morgan fingerprint density at radius 2 is 1.97 bits per heavy atom. The number of carbonyl (C=O) groups is 1. The molecule has 0 aliphatic carbocycles. The van der Waals surface area contributed by atoms with Crippen LogP contribution in [0, 0.1) is 0 Å². The van der Waals surface area contributed by atoms with Crippen molar-refractivity contribution in [2.24, 2.45) is 0 Å². The number of piperidine rings is 1. The molecule has 0 spiro atoms. The molecule has 0 atom stereocenters. The number of hydrogen-bond donors (Lipinski definition) is 1. The lowest BCUT2D eigenvalue weighted by molar-refractivity contribution is -0.109. The molecule has 1 N–H and O–H groups in total. The maximum Gasteiger partial charge on any atom is 0.188 e. The Balaban J connectivity index is 1.25. The fraction of sp³-hybridized carbons (Fsp3) is 0.214. The van der Waals surface area contributed by atoms with Gasteiger partial charge in [-0.2, -0.15) is 0 Å². The van der Waals surface area contributed by atoms with Gasteiger partial charge in [0.1, 0.15) is 12.0 Å². The van der Waals surface area contributed by atoms with Crippen LogP contribution < -0.4 is 10.1 Å². The number of para-hydroxylation sites is 1. The number of nitrogens with one attached hydrogen (secondary N) is 1. The lowest BCUT2D eigenvalue weighted by Crippen LogP contribution is -2.34. The summed E-state index contributed by atoms with van der Waals surface area (Å²) in [6.07, 6.45) is 6.69. The molecule has 1 aliphatic heterocycles. The van der Waals surface area contributed by atoms with E-state index < -0.39 is 0 Å². The van der Waals surface area contributed by atoms with Crippen LogP contribution in [0.25, 0.3) is 10.2 Å². The molecule has 1 saturated heterocycles. The molecule has 1 aliphatic rings. The zero-order valence-corrected chi connectivity index (χ0v) is 24.8. The van der Waals surface area contributed by atoms with Gasteiger partial charge in [0.25, 0.3) is 0 Å². The average molecular weight is 639 g/mol. The molecule has 4 aromatic heterocycles. The van der Waals surface area contributed by atoms with Crippen LogP contribution in [0.2, 0.25) is 0 Å². The summed E-state index contributed by atoms with van der Waals surface area (Å²) < 4.78 is 8.38. The Labute approximate surface area is 246 Å². The van der Waals surface area contributed by atoms with E-state index in [0.717, 1.165) is 73.3 Å². The zero-order valence-electron chi connectivity index (χ0n) is 20.7. The van der Waals surface area contributed by atoms with Gasteiger partial charge in [0, 0.05) is 39.5 Å². The topological polar surface area (TPSA) is 80.2 Å². The summed E-state index contributed by atoms with van der Waals surface area (Å²) >= 11 is 8.54. The van der Waals surface area contributed by atoms with E-state index in [1.165, 1.54) is 0 Å². The van der Waals surface area contributed by atoms with Crippen LogP contribution >= 0.6 is 50.4 Å². The first kappa shape index (κ1) is 26.4. The molecular weight excluding hydrogens is 614 g/mol.